The molecule has 0 saturated heterocycles. The molecule has 1 aromatic rings. The first kappa shape index (κ1) is 12.4. The normalized spacial score (nSPS) is 28.6. The van der Waals surface area contributed by atoms with E-state index in [-0.39, 0.29) is 11.6 Å². The minimum atomic E-state index is -0.190. The predicted molar refractivity (Wildman–Crippen MR) is 71.1 cm³/mol. The average molecular weight is 233 g/mol. The molecule has 2 rings (SSSR count). The molecule has 94 valence electrons. The molecule has 1 aliphatic rings. The number of para-hydroxylation sites is 1. The van der Waals surface area contributed by atoms with E-state index in [1.165, 1.54) is 12.0 Å². The van der Waals surface area contributed by atoms with Gasteiger partial charge in [0.15, 0.2) is 0 Å². The van der Waals surface area contributed by atoms with Crippen LogP contribution in [0.15, 0.2) is 24.3 Å². The summed E-state index contributed by atoms with van der Waals surface area (Å²) in [6.45, 7) is 6.38. The molecule has 17 heavy (non-hydrogen) atoms. The molecule has 2 atom stereocenters. The van der Waals surface area contributed by atoms with Crippen molar-refractivity contribution in [3.8, 4) is 5.75 Å². The summed E-state index contributed by atoms with van der Waals surface area (Å²) in [7, 11) is 0. The summed E-state index contributed by atoms with van der Waals surface area (Å²) in [5, 5.41) is 0. The molecule has 0 amide bonds. The molecule has 2 nitrogen and oxygen atoms in total. The monoisotopic (exact) mass is 233 g/mol. The van der Waals surface area contributed by atoms with Crippen LogP contribution >= 0.6 is 0 Å². The zero-order chi connectivity index (χ0) is 12.5. The number of hydrogen-bond acceptors (Lipinski definition) is 2. The summed E-state index contributed by atoms with van der Waals surface area (Å²) >= 11 is 0. The van der Waals surface area contributed by atoms with E-state index < -0.39 is 0 Å². The largest absolute Gasteiger partial charge is 0.491 e. The van der Waals surface area contributed by atoms with Crippen molar-refractivity contribution in [1.82, 2.24) is 0 Å². The van der Waals surface area contributed by atoms with Gasteiger partial charge in [0, 0.05) is 11.1 Å². The third-order valence-electron chi connectivity index (χ3n) is 3.58. The third kappa shape index (κ3) is 2.63. The molecule has 0 aliphatic heterocycles. The lowest BCUT2D eigenvalue weighted by Gasteiger charge is -2.27. The smallest absolute Gasteiger partial charge is 0.124 e. The Balaban J connectivity index is 2.31. The molecular formula is C15H23NO. The van der Waals surface area contributed by atoms with Gasteiger partial charge in [0.05, 0.1) is 6.10 Å². The van der Waals surface area contributed by atoms with Gasteiger partial charge in [0.2, 0.25) is 0 Å². The maximum Gasteiger partial charge on any atom is 0.124 e. The van der Waals surface area contributed by atoms with Gasteiger partial charge in [0.1, 0.15) is 5.75 Å². The molecule has 0 radical (unpaired) electrons. The standard InChI is InChI=1S/C15H23NO/c1-11(2)17-14-7-5-4-6-13(14)15(16)9-8-12(3)10-15/h4-7,11-12H,8-10,16H2,1-3H3. The Morgan fingerprint density at radius 3 is 2.65 bits per heavy atom. The van der Waals surface area contributed by atoms with Crippen LogP contribution in [0, 0.1) is 5.92 Å². The number of rotatable bonds is 3. The first-order valence-electron chi connectivity index (χ1n) is 6.56. The van der Waals surface area contributed by atoms with Gasteiger partial charge < -0.3 is 10.5 Å². The van der Waals surface area contributed by atoms with Crippen LogP contribution in [-0.2, 0) is 5.54 Å². The van der Waals surface area contributed by atoms with E-state index in [9.17, 15) is 0 Å². The molecule has 0 spiro atoms. The summed E-state index contributed by atoms with van der Waals surface area (Å²) < 4.78 is 5.88. The quantitative estimate of drug-likeness (QED) is 0.868. The van der Waals surface area contributed by atoms with E-state index in [2.05, 4.69) is 32.9 Å². The van der Waals surface area contributed by atoms with Crippen LogP contribution in [0.2, 0.25) is 0 Å². The Kier molecular flexibility index (Phi) is 3.43. The fraction of sp³-hybridized carbons (Fsp3) is 0.600. The van der Waals surface area contributed by atoms with Crippen molar-refractivity contribution in [3.05, 3.63) is 29.8 Å². The highest BCUT2D eigenvalue weighted by molar-refractivity contribution is 5.39. The second kappa shape index (κ2) is 4.69. The fourth-order valence-corrected chi connectivity index (χ4v) is 2.81. The Morgan fingerprint density at radius 2 is 2.06 bits per heavy atom. The van der Waals surface area contributed by atoms with Crippen molar-refractivity contribution >= 4 is 0 Å². The molecule has 0 bridgehead atoms. The van der Waals surface area contributed by atoms with Crippen molar-refractivity contribution in [2.24, 2.45) is 11.7 Å². The fourth-order valence-electron chi connectivity index (χ4n) is 2.81. The van der Waals surface area contributed by atoms with Crippen LogP contribution in [0.4, 0.5) is 0 Å². The van der Waals surface area contributed by atoms with Crippen molar-refractivity contribution in [2.75, 3.05) is 0 Å². The maximum atomic E-state index is 6.57. The highest BCUT2D eigenvalue weighted by Gasteiger charge is 2.37. The first-order valence-corrected chi connectivity index (χ1v) is 6.56. The summed E-state index contributed by atoms with van der Waals surface area (Å²) in [6, 6.07) is 8.23. The van der Waals surface area contributed by atoms with E-state index in [1.807, 2.05) is 12.1 Å². The number of benzene rings is 1. The highest BCUT2D eigenvalue weighted by Crippen LogP contribution is 2.43. The van der Waals surface area contributed by atoms with Crippen molar-refractivity contribution < 1.29 is 4.74 Å². The highest BCUT2D eigenvalue weighted by atomic mass is 16.5. The summed E-state index contributed by atoms with van der Waals surface area (Å²) in [6.07, 6.45) is 3.53. The van der Waals surface area contributed by atoms with Crippen molar-refractivity contribution in [3.63, 3.8) is 0 Å². The SMILES string of the molecule is CC1CCC(N)(c2ccccc2OC(C)C)C1. The van der Waals surface area contributed by atoms with E-state index in [0.29, 0.717) is 5.92 Å². The predicted octanol–water partition coefficient (Wildman–Crippen LogP) is 3.45. The zero-order valence-corrected chi connectivity index (χ0v) is 11.1. The molecule has 2 heteroatoms. The van der Waals surface area contributed by atoms with E-state index >= 15 is 0 Å². The van der Waals surface area contributed by atoms with E-state index in [1.54, 1.807) is 0 Å². The Morgan fingerprint density at radius 1 is 1.35 bits per heavy atom. The second-order valence-electron chi connectivity index (χ2n) is 5.67. The van der Waals surface area contributed by atoms with Crippen molar-refractivity contribution in [1.29, 1.82) is 0 Å². The summed E-state index contributed by atoms with van der Waals surface area (Å²) in [5.74, 6) is 1.67. The number of ether oxygens (including phenoxy) is 1. The third-order valence-corrected chi connectivity index (χ3v) is 3.58. The molecule has 1 aromatic carbocycles. The molecule has 0 aromatic heterocycles. The lowest BCUT2D eigenvalue weighted by molar-refractivity contribution is 0.234. The molecule has 1 saturated carbocycles. The number of nitrogens with two attached hydrogens (primary N) is 1. The van der Waals surface area contributed by atoms with Gasteiger partial charge in [-0.15, -0.1) is 0 Å². The van der Waals surface area contributed by atoms with Gasteiger partial charge >= 0.3 is 0 Å². The molecule has 0 heterocycles. The van der Waals surface area contributed by atoms with Gasteiger partial charge in [0.25, 0.3) is 0 Å². The van der Waals surface area contributed by atoms with Gasteiger partial charge in [-0.05, 0) is 45.1 Å². The van der Waals surface area contributed by atoms with Crippen LogP contribution in [0.5, 0.6) is 5.75 Å². The summed E-state index contributed by atoms with van der Waals surface area (Å²) in [5.41, 5.74) is 7.56. The second-order valence-corrected chi connectivity index (χ2v) is 5.67. The molecule has 2 N–H and O–H groups in total. The summed E-state index contributed by atoms with van der Waals surface area (Å²) in [4.78, 5) is 0. The minimum Gasteiger partial charge on any atom is -0.491 e. The Labute approximate surface area is 104 Å². The average Bonchev–Trinajstić information content (AvgIpc) is 2.59. The van der Waals surface area contributed by atoms with E-state index in [4.69, 9.17) is 10.5 Å². The van der Waals surface area contributed by atoms with Gasteiger partial charge in [-0.2, -0.15) is 0 Å². The minimum absolute atomic E-state index is 0.190. The van der Waals surface area contributed by atoms with Gasteiger partial charge in [-0.1, -0.05) is 25.1 Å². The maximum absolute atomic E-state index is 6.57. The molecule has 1 aliphatic carbocycles. The van der Waals surface area contributed by atoms with Crippen LogP contribution < -0.4 is 10.5 Å². The lowest BCUT2D eigenvalue weighted by atomic mass is 9.88. The Bertz CT molecular complexity index is 388. The van der Waals surface area contributed by atoms with Crippen LogP contribution in [0.1, 0.15) is 45.6 Å². The molecule has 2 unspecified atom stereocenters. The van der Waals surface area contributed by atoms with E-state index in [0.717, 1.165) is 18.6 Å². The van der Waals surface area contributed by atoms with Crippen LogP contribution in [-0.4, -0.2) is 6.10 Å². The van der Waals surface area contributed by atoms with Crippen molar-refractivity contribution in [2.45, 2.75) is 51.7 Å². The van der Waals surface area contributed by atoms with Crippen LogP contribution in [0.3, 0.4) is 0 Å². The first-order chi connectivity index (χ1) is 8.01. The number of hydrogen-bond donors (Lipinski definition) is 1. The topological polar surface area (TPSA) is 35.2 Å². The molecule has 1 fully saturated rings. The zero-order valence-electron chi connectivity index (χ0n) is 11.1. The van der Waals surface area contributed by atoms with Gasteiger partial charge in [-0.25, -0.2) is 0 Å². The molecular weight excluding hydrogens is 210 g/mol. The lowest BCUT2D eigenvalue weighted by Crippen LogP contribution is -2.34. The van der Waals surface area contributed by atoms with Crippen LogP contribution in [0.25, 0.3) is 0 Å². The van der Waals surface area contributed by atoms with Gasteiger partial charge in [-0.3, -0.25) is 0 Å². The Hall–Kier alpha value is -1.02.